The van der Waals surface area contributed by atoms with Crippen molar-refractivity contribution < 1.29 is 14.3 Å². The van der Waals surface area contributed by atoms with Crippen molar-refractivity contribution in [2.24, 2.45) is 5.92 Å². The average Bonchev–Trinajstić information content (AvgIpc) is 2.62. The molecule has 1 amide bonds. The Hall–Kier alpha value is -2.57. The predicted molar refractivity (Wildman–Crippen MR) is 105 cm³/mol. The summed E-state index contributed by atoms with van der Waals surface area (Å²) in [5.74, 6) is 1.41. The van der Waals surface area contributed by atoms with E-state index in [-0.39, 0.29) is 24.1 Å². The Morgan fingerprint density at radius 2 is 1.81 bits per heavy atom. The highest BCUT2D eigenvalue weighted by Crippen LogP contribution is 2.29. The van der Waals surface area contributed by atoms with E-state index in [1.54, 1.807) is 12.1 Å². The maximum absolute atomic E-state index is 12.7. The van der Waals surface area contributed by atoms with Gasteiger partial charge >= 0.3 is 0 Å². The molecular formula is C20H29N3O4. The van der Waals surface area contributed by atoms with E-state index in [0.717, 1.165) is 19.3 Å². The van der Waals surface area contributed by atoms with Crippen molar-refractivity contribution in [3.63, 3.8) is 0 Å². The molecule has 0 bridgehead atoms. The van der Waals surface area contributed by atoms with Crippen molar-refractivity contribution in [2.45, 2.75) is 52.6 Å². The minimum atomic E-state index is -0.288. The van der Waals surface area contributed by atoms with E-state index < -0.39 is 0 Å². The minimum Gasteiger partial charge on any atom is -0.493 e. The molecule has 0 fully saturated rings. The van der Waals surface area contributed by atoms with Crippen molar-refractivity contribution in [2.75, 3.05) is 14.2 Å². The number of nitrogens with one attached hydrogen (secondary N) is 1. The zero-order chi connectivity index (χ0) is 20.0. The highest BCUT2D eigenvalue weighted by Gasteiger charge is 2.14. The molecule has 1 heterocycles. The number of ether oxygens (including phenoxy) is 2. The van der Waals surface area contributed by atoms with Crippen LogP contribution in [0.4, 0.5) is 0 Å². The number of carbonyl (C=O) groups is 1. The molecule has 1 aromatic carbocycles. The highest BCUT2D eigenvalue weighted by molar-refractivity contribution is 5.82. The minimum absolute atomic E-state index is 0.0648. The van der Waals surface area contributed by atoms with E-state index >= 15 is 0 Å². The molecule has 0 aliphatic heterocycles. The molecule has 27 heavy (non-hydrogen) atoms. The van der Waals surface area contributed by atoms with Gasteiger partial charge in [0.05, 0.1) is 31.4 Å². The molecule has 0 saturated heterocycles. The second kappa shape index (κ2) is 9.39. The molecule has 148 valence electrons. The zero-order valence-corrected chi connectivity index (χ0v) is 16.7. The number of hydrogen-bond donors (Lipinski definition) is 1. The van der Waals surface area contributed by atoms with Gasteiger partial charge in [0.2, 0.25) is 5.91 Å². The van der Waals surface area contributed by atoms with Crippen molar-refractivity contribution >= 4 is 16.8 Å². The predicted octanol–water partition coefficient (Wildman–Crippen LogP) is 2.74. The van der Waals surface area contributed by atoms with Crippen molar-refractivity contribution in [3.05, 3.63) is 28.8 Å². The maximum atomic E-state index is 12.7. The first-order chi connectivity index (χ1) is 12.8. The molecule has 1 N–H and O–H groups in total. The summed E-state index contributed by atoms with van der Waals surface area (Å²) in [4.78, 5) is 29.3. The maximum Gasteiger partial charge on any atom is 0.261 e. The van der Waals surface area contributed by atoms with Gasteiger partial charge in [0.1, 0.15) is 6.54 Å². The first-order valence-corrected chi connectivity index (χ1v) is 9.26. The molecule has 7 nitrogen and oxygen atoms in total. The van der Waals surface area contributed by atoms with E-state index in [1.165, 1.54) is 25.1 Å². The second-order valence-electron chi connectivity index (χ2n) is 7.20. The lowest BCUT2D eigenvalue weighted by molar-refractivity contribution is -0.122. The summed E-state index contributed by atoms with van der Waals surface area (Å²) in [6.45, 7) is 6.29. The average molecular weight is 375 g/mol. The van der Waals surface area contributed by atoms with Gasteiger partial charge in [-0.15, -0.1) is 0 Å². The normalized spacial score (nSPS) is 12.2. The van der Waals surface area contributed by atoms with Crippen molar-refractivity contribution in [3.8, 4) is 11.5 Å². The summed E-state index contributed by atoms with van der Waals surface area (Å²) in [7, 11) is 3.03. The van der Waals surface area contributed by atoms with Crippen LogP contribution in [0.1, 0.15) is 40.0 Å². The zero-order valence-electron chi connectivity index (χ0n) is 16.7. The van der Waals surface area contributed by atoms with Crippen LogP contribution in [0.5, 0.6) is 11.5 Å². The quantitative estimate of drug-likeness (QED) is 0.729. The number of hydrogen-bond acceptors (Lipinski definition) is 5. The summed E-state index contributed by atoms with van der Waals surface area (Å²) in [5, 5.41) is 3.33. The molecule has 7 heteroatoms. The molecular weight excluding hydrogens is 346 g/mol. The standard InChI is InChI=1S/C20H29N3O4/c1-13(2)7-6-8-14(3)22-19(24)11-23-12-21-16-10-18(27-5)17(26-4)9-15(16)20(23)25/h9-10,12-14H,6-8,11H2,1-5H3,(H,22,24)/t14-/m0/s1. The van der Waals surface area contributed by atoms with Crippen LogP contribution >= 0.6 is 0 Å². The second-order valence-corrected chi connectivity index (χ2v) is 7.20. The number of rotatable bonds is 9. The van der Waals surface area contributed by atoms with E-state index in [9.17, 15) is 9.59 Å². The Bertz CT molecular complexity index is 845. The van der Waals surface area contributed by atoms with Gasteiger partial charge in [0.15, 0.2) is 11.5 Å². The molecule has 1 atom stereocenters. The molecule has 0 spiro atoms. The third-order valence-corrected chi connectivity index (χ3v) is 4.47. The van der Waals surface area contributed by atoms with Crippen LogP contribution in [0.3, 0.4) is 0 Å². The van der Waals surface area contributed by atoms with Gasteiger partial charge in [-0.05, 0) is 25.3 Å². The molecule has 1 aromatic heterocycles. The van der Waals surface area contributed by atoms with Gasteiger partial charge in [0.25, 0.3) is 5.56 Å². The third kappa shape index (κ3) is 5.45. The summed E-state index contributed by atoms with van der Waals surface area (Å²) < 4.78 is 11.8. The van der Waals surface area contributed by atoms with Crippen LogP contribution in [0, 0.1) is 5.92 Å². The summed E-state index contributed by atoms with van der Waals surface area (Å²) in [6, 6.07) is 3.31. The summed E-state index contributed by atoms with van der Waals surface area (Å²) >= 11 is 0. The molecule has 0 aliphatic carbocycles. The number of fused-ring (bicyclic) bond motifs is 1. The number of amides is 1. The fraction of sp³-hybridized carbons (Fsp3) is 0.550. The molecule has 0 aliphatic rings. The third-order valence-electron chi connectivity index (χ3n) is 4.47. The van der Waals surface area contributed by atoms with Crippen LogP contribution in [-0.2, 0) is 11.3 Å². The largest absolute Gasteiger partial charge is 0.493 e. The van der Waals surface area contributed by atoms with Gasteiger partial charge in [0, 0.05) is 12.1 Å². The SMILES string of the molecule is COc1cc2ncn(CC(=O)N[C@@H](C)CCCC(C)C)c(=O)c2cc1OC. The van der Waals surface area contributed by atoms with Gasteiger partial charge in [-0.3, -0.25) is 14.2 Å². The van der Waals surface area contributed by atoms with Gasteiger partial charge < -0.3 is 14.8 Å². The number of benzene rings is 1. The summed E-state index contributed by atoms with van der Waals surface area (Å²) in [5.41, 5.74) is 0.208. The smallest absolute Gasteiger partial charge is 0.261 e. The van der Waals surface area contributed by atoms with Crippen LogP contribution in [0.15, 0.2) is 23.3 Å². The van der Waals surface area contributed by atoms with Gasteiger partial charge in [-0.2, -0.15) is 0 Å². The van der Waals surface area contributed by atoms with E-state index in [0.29, 0.717) is 28.3 Å². The number of nitrogens with zero attached hydrogens (tertiary/aromatic N) is 2. The Kier molecular flexibility index (Phi) is 7.21. The van der Waals surface area contributed by atoms with Crippen LogP contribution in [0.2, 0.25) is 0 Å². The summed E-state index contributed by atoms with van der Waals surface area (Å²) in [6.07, 6.45) is 4.52. The Balaban J connectivity index is 2.11. The van der Waals surface area contributed by atoms with E-state index in [4.69, 9.17) is 9.47 Å². The van der Waals surface area contributed by atoms with Crippen LogP contribution in [0.25, 0.3) is 10.9 Å². The fourth-order valence-corrected chi connectivity index (χ4v) is 2.98. The molecule has 0 saturated carbocycles. The van der Waals surface area contributed by atoms with E-state index in [2.05, 4.69) is 24.1 Å². The Morgan fingerprint density at radius 3 is 2.44 bits per heavy atom. The van der Waals surface area contributed by atoms with Crippen LogP contribution in [-0.4, -0.2) is 35.7 Å². The fourth-order valence-electron chi connectivity index (χ4n) is 2.98. The molecule has 2 rings (SSSR count). The van der Waals surface area contributed by atoms with Crippen molar-refractivity contribution in [1.82, 2.24) is 14.9 Å². The first kappa shape index (κ1) is 20.7. The first-order valence-electron chi connectivity index (χ1n) is 9.26. The lowest BCUT2D eigenvalue weighted by atomic mass is 10.0. The Morgan fingerprint density at radius 1 is 1.15 bits per heavy atom. The molecule has 0 radical (unpaired) electrons. The lowest BCUT2D eigenvalue weighted by Gasteiger charge is -2.15. The molecule has 2 aromatic rings. The molecule has 0 unspecified atom stereocenters. The monoisotopic (exact) mass is 375 g/mol. The number of carbonyl (C=O) groups excluding carboxylic acids is 1. The Labute approximate surface area is 159 Å². The van der Waals surface area contributed by atoms with Crippen LogP contribution < -0.4 is 20.3 Å². The van der Waals surface area contributed by atoms with Crippen molar-refractivity contribution in [1.29, 1.82) is 0 Å². The lowest BCUT2D eigenvalue weighted by Crippen LogP contribution is -2.37. The van der Waals surface area contributed by atoms with Gasteiger partial charge in [-0.25, -0.2) is 4.98 Å². The van der Waals surface area contributed by atoms with Gasteiger partial charge in [-0.1, -0.05) is 26.7 Å². The highest BCUT2D eigenvalue weighted by atomic mass is 16.5. The van der Waals surface area contributed by atoms with E-state index in [1.807, 2.05) is 6.92 Å². The topological polar surface area (TPSA) is 82.5 Å². The number of aromatic nitrogens is 2. The number of methoxy groups -OCH3 is 2.